The molecule has 158 valence electrons. The van der Waals surface area contributed by atoms with Crippen LogP contribution < -0.4 is 14.8 Å². The summed E-state index contributed by atoms with van der Waals surface area (Å²) in [6.07, 6.45) is 0. The van der Waals surface area contributed by atoms with Gasteiger partial charge in [0.1, 0.15) is 11.5 Å². The number of carbonyl (C=O) groups excluding carboxylic acids is 1. The standard InChI is InChI=1S/C22H18N2O5S2/c1-29-19-8-4-3-7-16(19)24-31(27,28)15-10-11-18(25)17(13-15)23-22(26)21-12-14-6-2-5-9-20(14)30-21/h2-13,24-25H,1H3,(H,23,26). The lowest BCUT2D eigenvalue weighted by atomic mass is 10.2. The van der Waals surface area contributed by atoms with Gasteiger partial charge in [0.2, 0.25) is 0 Å². The Morgan fingerprint density at radius 2 is 1.71 bits per heavy atom. The van der Waals surface area contributed by atoms with Crippen LogP contribution in [0.4, 0.5) is 11.4 Å². The second-order valence-electron chi connectivity index (χ2n) is 6.59. The Kier molecular flexibility index (Phi) is 5.53. The summed E-state index contributed by atoms with van der Waals surface area (Å²) in [6.45, 7) is 0. The zero-order valence-electron chi connectivity index (χ0n) is 16.3. The number of thiophene rings is 1. The lowest BCUT2D eigenvalue weighted by Crippen LogP contribution is -2.15. The molecule has 0 aliphatic rings. The van der Waals surface area contributed by atoms with Gasteiger partial charge >= 0.3 is 0 Å². The van der Waals surface area contributed by atoms with E-state index in [1.165, 1.54) is 36.6 Å². The smallest absolute Gasteiger partial charge is 0.265 e. The van der Waals surface area contributed by atoms with E-state index in [0.29, 0.717) is 10.6 Å². The summed E-state index contributed by atoms with van der Waals surface area (Å²) in [4.78, 5) is 13.0. The molecular weight excluding hydrogens is 436 g/mol. The lowest BCUT2D eigenvalue weighted by Gasteiger charge is -2.13. The van der Waals surface area contributed by atoms with Crippen molar-refractivity contribution in [2.45, 2.75) is 4.90 Å². The zero-order chi connectivity index (χ0) is 22.0. The summed E-state index contributed by atoms with van der Waals surface area (Å²) >= 11 is 1.31. The van der Waals surface area contributed by atoms with Gasteiger partial charge in [0.15, 0.2) is 0 Å². The molecule has 0 unspecified atom stereocenters. The predicted octanol–water partition coefficient (Wildman–Crippen LogP) is 4.67. The number of aromatic hydroxyl groups is 1. The number of rotatable bonds is 6. The highest BCUT2D eigenvalue weighted by Gasteiger charge is 2.20. The van der Waals surface area contributed by atoms with Crippen molar-refractivity contribution in [3.63, 3.8) is 0 Å². The summed E-state index contributed by atoms with van der Waals surface area (Å²) in [7, 11) is -2.56. The summed E-state index contributed by atoms with van der Waals surface area (Å²) in [5, 5.41) is 13.7. The summed E-state index contributed by atoms with van der Waals surface area (Å²) < 4.78 is 34.3. The molecule has 0 radical (unpaired) electrons. The van der Waals surface area contributed by atoms with Gasteiger partial charge in [0.25, 0.3) is 15.9 Å². The molecule has 9 heteroatoms. The van der Waals surface area contributed by atoms with Crippen LogP contribution in [0.3, 0.4) is 0 Å². The van der Waals surface area contributed by atoms with Crippen molar-refractivity contribution >= 4 is 48.7 Å². The van der Waals surface area contributed by atoms with E-state index < -0.39 is 15.9 Å². The molecular formula is C22H18N2O5S2. The first-order valence-corrected chi connectivity index (χ1v) is 11.5. The maximum absolute atomic E-state index is 12.8. The fourth-order valence-corrected chi connectivity index (χ4v) is 5.05. The van der Waals surface area contributed by atoms with E-state index in [9.17, 15) is 18.3 Å². The molecule has 0 atom stereocenters. The summed E-state index contributed by atoms with van der Waals surface area (Å²) in [6, 6.07) is 19.6. The normalized spacial score (nSPS) is 11.3. The average molecular weight is 455 g/mol. The van der Waals surface area contributed by atoms with Gasteiger partial charge in [-0.15, -0.1) is 11.3 Å². The number of hydrogen-bond donors (Lipinski definition) is 3. The minimum absolute atomic E-state index is 0.00893. The largest absolute Gasteiger partial charge is 0.506 e. The Bertz CT molecular complexity index is 1350. The summed E-state index contributed by atoms with van der Waals surface area (Å²) in [5.74, 6) is -0.322. The van der Waals surface area contributed by atoms with Gasteiger partial charge in [-0.25, -0.2) is 8.42 Å². The molecule has 3 aromatic carbocycles. The van der Waals surface area contributed by atoms with E-state index in [1.807, 2.05) is 24.3 Å². The quantitative estimate of drug-likeness (QED) is 0.367. The maximum Gasteiger partial charge on any atom is 0.265 e. The molecule has 0 saturated heterocycles. The van der Waals surface area contributed by atoms with Crippen molar-refractivity contribution in [2.75, 3.05) is 17.1 Å². The third kappa shape index (κ3) is 4.32. The van der Waals surface area contributed by atoms with Crippen LogP contribution >= 0.6 is 11.3 Å². The number of phenolic OH excluding ortho intramolecular Hbond substituents is 1. The minimum atomic E-state index is -4.00. The highest BCUT2D eigenvalue weighted by Crippen LogP contribution is 2.31. The maximum atomic E-state index is 12.8. The topological polar surface area (TPSA) is 105 Å². The Balaban J connectivity index is 1.61. The molecule has 0 spiro atoms. The van der Waals surface area contributed by atoms with Crippen LogP contribution in [-0.2, 0) is 10.0 Å². The number of anilines is 2. The van der Waals surface area contributed by atoms with Crippen LogP contribution in [0.15, 0.2) is 77.7 Å². The predicted molar refractivity (Wildman–Crippen MR) is 122 cm³/mol. The molecule has 7 nitrogen and oxygen atoms in total. The Hall–Kier alpha value is -3.56. The number of nitrogens with one attached hydrogen (secondary N) is 2. The van der Waals surface area contributed by atoms with Gasteiger partial charge in [-0.05, 0) is 47.9 Å². The van der Waals surface area contributed by atoms with Crippen LogP contribution in [-0.4, -0.2) is 26.5 Å². The van der Waals surface area contributed by atoms with Gasteiger partial charge in [-0.2, -0.15) is 0 Å². The van der Waals surface area contributed by atoms with Crippen molar-refractivity contribution in [1.29, 1.82) is 0 Å². The zero-order valence-corrected chi connectivity index (χ0v) is 18.0. The minimum Gasteiger partial charge on any atom is -0.506 e. The number of phenols is 1. The second-order valence-corrected chi connectivity index (χ2v) is 9.35. The number of amides is 1. The molecule has 1 aromatic heterocycles. The highest BCUT2D eigenvalue weighted by molar-refractivity contribution is 7.92. The van der Waals surface area contributed by atoms with Gasteiger partial charge in [-0.3, -0.25) is 9.52 Å². The van der Waals surface area contributed by atoms with E-state index >= 15 is 0 Å². The molecule has 3 N–H and O–H groups in total. The van der Waals surface area contributed by atoms with Crippen LogP contribution in [0.2, 0.25) is 0 Å². The number of benzene rings is 3. The van der Waals surface area contributed by atoms with Gasteiger partial charge in [0.05, 0.1) is 28.3 Å². The number of ether oxygens (including phenoxy) is 1. The van der Waals surface area contributed by atoms with Gasteiger partial charge in [-0.1, -0.05) is 30.3 Å². The van der Waals surface area contributed by atoms with E-state index in [1.54, 1.807) is 30.3 Å². The van der Waals surface area contributed by atoms with Crippen molar-refractivity contribution < 1.29 is 23.1 Å². The molecule has 0 aliphatic heterocycles. The molecule has 1 heterocycles. The first-order chi connectivity index (χ1) is 14.9. The van der Waals surface area contributed by atoms with Crippen molar-refractivity contribution in [3.8, 4) is 11.5 Å². The van der Waals surface area contributed by atoms with Gasteiger partial charge in [0, 0.05) is 4.70 Å². The second kappa shape index (κ2) is 8.29. The molecule has 0 fully saturated rings. The SMILES string of the molecule is COc1ccccc1NS(=O)(=O)c1ccc(O)c(NC(=O)c2cc3ccccc3s2)c1. The number of methoxy groups -OCH3 is 1. The molecule has 4 rings (SSSR count). The number of fused-ring (bicyclic) bond motifs is 1. The van der Waals surface area contributed by atoms with E-state index in [2.05, 4.69) is 10.0 Å². The number of para-hydroxylation sites is 2. The molecule has 1 amide bonds. The Morgan fingerprint density at radius 3 is 2.48 bits per heavy atom. The van der Waals surface area contributed by atoms with Crippen molar-refractivity contribution in [3.05, 3.63) is 77.7 Å². The fraction of sp³-hybridized carbons (Fsp3) is 0.0455. The van der Waals surface area contributed by atoms with Crippen LogP contribution in [0.5, 0.6) is 11.5 Å². The average Bonchev–Trinajstić information content (AvgIpc) is 3.20. The van der Waals surface area contributed by atoms with E-state index in [-0.39, 0.29) is 22.0 Å². The fourth-order valence-electron chi connectivity index (χ4n) is 2.99. The molecule has 4 aromatic rings. The monoisotopic (exact) mass is 454 g/mol. The first kappa shape index (κ1) is 20.7. The molecule has 0 bridgehead atoms. The number of carbonyl (C=O) groups is 1. The molecule has 0 saturated carbocycles. The van der Waals surface area contributed by atoms with Crippen LogP contribution in [0, 0.1) is 0 Å². The molecule has 0 aliphatic carbocycles. The van der Waals surface area contributed by atoms with Crippen molar-refractivity contribution in [2.24, 2.45) is 0 Å². The van der Waals surface area contributed by atoms with E-state index in [0.717, 1.165) is 10.1 Å². The van der Waals surface area contributed by atoms with Gasteiger partial charge < -0.3 is 15.2 Å². The van der Waals surface area contributed by atoms with Crippen LogP contribution in [0.1, 0.15) is 9.67 Å². The Labute approximate surface area is 183 Å². The van der Waals surface area contributed by atoms with Crippen molar-refractivity contribution in [1.82, 2.24) is 0 Å². The third-order valence-corrected chi connectivity index (χ3v) is 7.01. The number of sulfonamides is 1. The summed E-state index contributed by atoms with van der Waals surface area (Å²) in [5.41, 5.74) is 0.263. The van der Waals surface area contributed by atoms with Crippen LogP contribution in [0.25, 0.3) is 10.1 Å². The number of hydrogen-bond acceptors (Lipinski definition) is 6. The third-order valence-electron chi connectivity index (χ3n) is 4.53. The Morgan fingerprint density at radius 1 is 0.968 bits per heavy atom. The molecule has 31 heavy (non-hydrogen) atoms. The van der Waals surface area contributed by atoms with E-state index in [4.69, 9.17) is 4.74 Å². The first-order valence-electron chi connectivity index (χ1n) is 9.16. The highest BCUT2D eigenvalue weighted by atomic mass is 32.2. The lowest BCUT2D eigenvalue weighted by molar-refractivity contribution is 0.103.